The molecule has 218 valence electrons. The lowest BCUT2D eigenvalue weighted by Gasteiger charge is -2.15. The Bertz CT molecular complexity index is 2080. The first kappa shape index (κ1) is 28.4. The molecule has 0 atom stereocenters. The van der Waals surface area contributed by atoms with E-state index in [1.165, 1.54) is 52.7 Å². The van der Waals surface area contributed by atoms with Gasteiger partial charge in [0.15, 0.2) is 0 Å². The van der Waals surface area contributed by atoms with Gasteiger partial charge in [0, 0.05) is 24.3 Å². The van der Waals surface area contributed by atoms with E-state index in [2.05, 4.69) is 0 Å². The zero-order valence-electron chi connectivity index (χ0n) is 24.3. The minimum Gasteiger partial charge on any atom is -0.466 e. The van der Waals surface area contributed by atoms with Crippen molar-refractivity contribution in [2.75, 3.05) is 28.4 Å². The van der Waals surface area contributed by atoms with Gasteiger partial charge in [-0.15, -0.1) is 0 Å². The van der Waals surface area contributed by atoms with Crippen molar-refractivity contribution in [2.45, 2.75) is 0 Å². The molecule has 0 aliphatic carbocycles. The molecule has 0 unspecified atom stereocenters. The Morgan fingerprint density at radius 2 is 0.659 bits per heavy atom. The minimum absolute atomic E-state index is 0.512. The molecular weight excluding hydrogens is 560 g/mol. The molecule has 0 heterocycles. The van der Waals surface area contributed by atoms with E-state index in [0.29, 0.717) is 0 Å². The molecule has 0 fully saturated rings. The third-order valence-electron chi connectivity index (χ3n) is 7.98. The fourth-order valence-corrected chi connectivity index (χ4v) is 6.13. The van der Waals surface area contributed by atoms with E-state index in [0.717, 1.165) is 76.1 Å². The van der Waals surface area contributed by atoms with Gasteiger partial charge in [0.2, 0.25) is 0 Å². The standard InChI is InChI=1S/C36H26O8/c1-41-28(37)15-11-20-22(13-17-30(39)43-3)26-9-10-27-23(14-18-31(40)44-4)21(12-16-29(38)42-2)25-8-6-19-5-7-24(20)33-32(19)34(25)36(27)35(26)33/h5-18H,1-4H3/b15-11+,16-12+,17-13+,18-14+. The Morgan fingerprint density at radius 3 is 0.932 bits per heavy atom. The second-order valence-corrected chi connectivity index (χ2v) is 10.1. The molecule has 6 rings (SSSR count). The van der Waals surface area contributed by atoms with Crippen LogP contribution in [0.1, 0.15) is 22.3 Å². The van der Waals surface area contributed by atoms with Gasteiger partial charge in [0.25, 0.3) is 0 Å². The Balaban J connectivity index is 1.84. The van der Waals surface area contributed by atoms with Gasteiger partial charge in [0.1, 0.15) is 0 Å². The van der Waals surface area contributed by atoms with E-state index in [9.17, 15) is 19.2 Å². The molecule has 8 nitrogen and oxygen atoms in total. The highest BCUT2D eigenvalue weighted by atomic mass is 16.5. The number of hydrogen-bond donors (Lipinski definition) is 0. The Morgan fingerprint density at radius 1 is 0.409 bits per heavy atom. The number of carbonyl (C=O) groups is 4. The lowest BCUT2D eigenvalue weighted by atomic mass is 9.88. The van der Waals surface area contributed by atoms with Gasteiger partial charge < -0.3 is 18.9 Å². The van der Waals surface area contributed by atoms with Gasteiger partial charge >= 0.3 is 23.9 Å². The predicted octanol–water partition coefficient (Wildman–Crippen LogP) is 6.51. The van der Waals surface area contributed by atoms with Crippen molar-refractivity contribution in [3.8, 4) is 0 Å². The van der Waals surface area contributed by atoms with Crippen LogP contribution in [0.5, 0.6) is 0 Å². The zero-order valence-corrected chi connectivity index (χ0v) is 24.3. The lowest BCUT2D eigenvalue weighted by molar-refractivity contribution is -0.135. The molecule has 44 heavy (non-hydrogen) atoms. The van der Waals surface area contributed by atoms with E-state index in [-0.39, 0.29) is 0 Å². The van der Waals surface area contributed by atoms with Crippen LogP contribution in [0.3, 0.4) is 0 Å². The molecule has 0 aliphatic heterocycles. The van der Waals surface area contributed by atoms with Gasteiger partial charge in [-0.2, -0.15) is 0 Å². The number of esters is 4. The van der Waals surface area contributed by atoms with Crippen molar-refractivity contribution in [1.82, 2.24) is 0 Å². The summed E-state index contributed by atoms with van der Waals surface area (Å²) in [6.45, 7) is 0. The second kappa shape index (κ2) is 11.1. The van der Waals surface area contributed by atoms with Gasteiger partial charge in [-0.3, -0.25) is 0 Å². The maximum Gasteiger partial charge on any atom is 0.330 e. The van der Waals surface area contributed by atoms with Crippen LogP contribution in [-0.2, 0) is 38.1 Å². The maximum absolute atomic E-state index is 12.2. The van der Waals surface area contributed by atoms with Crippen LogP contribution in [0.15, 0.2) is 60.7 Å². The van der Waals surface area contributed by atoms with Crippen molar-refractivity contribution in [1.29, 1.82) is 0 Å². The first-order valence-electron chi connectivity index (χ1n) is 13.6. The van der Waals surface area contributed by atoms with Crippen molar-refractivity contribution < 1.29 is 38.1 Å². The van der Waals surface area contributed by atoms with Crippen molar-refractivity contribution in [2.24, 2.45) is 0 Å². The van der Waals surface area contributed by atoms with Crippen LogP contribution in [0.4, 0.5) is 0 Å². The SMILES string of the molecule is COC(=O)/C=C/c1c(/C=C/C(=O)OC)c2ccc3c(/C=C/C(=O)OC)c(/C=C/C(=O)OC)c4ccc5ccc1c1c5c4c3c21. The fourth-order valence-electron chi connectivity index (χ4n) is 6.13. The summed E-state index contributed by atoms with van der Waals surface area (Å²) < 4.78 is 19.5. The molecule has 0 saturated heterocycles. The van der Waals surface area contributed by atoms with Crippen molar-refractivity contribution in [3.63, 3.8) is 0 Å². The highest BCUT2D eigenvalue weighted by Gasteiger charge is 2.26. The summed E-state index contributed by atoms with van der Waals surface area (Å²) in [4.78, 5) is 48.7. The van der Waals surface area contributed by atoms with Crippen LogP contribution in [0.2, 0.25) is 0 Å². The molecular formula is C36H26O8. The van der Waals surface area contributed by atoms with Crippen LogP contribution < -0.4 is 0 Å². The number of methoxy groups -OCH3 is 4. The van der Waals surface area contributed by atoms with E-state index in [1.54, 1.807) is 24.3 Å². The molecule has 0 amide bonds. The summed E-state index contributed by atoms with van der Waals surface area (Å²) in [7, 11) is 5.25. The van der Waals surface area contributed by atoms with Gasteiger partial charge in [0.05, 0.1) is 28.4 Å². The topological polar surface area (TPSA) is 105 Å². The Kier molecular flexibility index (Phi) is 7.19. The maximum atomic E-state index is 12.2. The molecule has 6 aromatic carbocycles. The second-order valence-electron chi connectivity index (χ2n) is 10.1. The Hall–Kier alpha value is -5.76. The summed E-state index contributed by atoms with van der Waals surface area (Å²) in [6.07, 6.45) is 12.2. The molecule has 0 spiro atoms. The summed E-state index contributed by atoms with van der Waals surface area (Å²) >= 11 is 0. The first-order valence-corrected chi connectivity index (χ1v) is 13.6. The van der Waals surface area contributed by atoms with Crippen LogP contribution >= 0.6 is 0 Å². The monoisotopic (exact) mass is 586 g/mol. The van der Waals surface area contributed by atoms with Crippen molar-refractivity contribution in [3.05, 3.63) is 83.0 Å². The molecule has 0 bridgehead atoms. The third-order valence-corrected chi connectivity index (χ3v) is 7.98. The highest BCUT2D eigenvalue weighted by Crippen LogP contribution is 2.52. The van der Waals surface area contributed by atoms with E-state index in [4.69, 9.17) is 18.9 Å². The van der Waals surface area contributed by atoms with Crippen LogP contribution in [0.25, 0.3) is 78.2 Å². The average Bonchev–Trinajstić information content (AvgIpc) is 3.42. The molecule has 0 aliphatic rings. The molecule has 0 aromatic heterocycles. The Labute approximate surface area is 251 Å². The summed E-state index contributed by atoms with van der Waals surface area (Å²) in [6, 6.07) is 12.0. The molecule has 8 heteroatoms. The van der Waals surface area contributed by atoms with Crippen LogP contribution in [0, 0.1) is 0 Å². The molecule has 6 aromatic rings. The summed E-state index contributed by atoms with van der Waals surface area (Å²) in [5.74, 6) is -2.06. The number of ether oxygens (including phenoxy) is 4. The van der Waals surface area contributed by atoms with Crippen molar-refractivity contribution >= 4 is 102 Å². The van der Waals surface area contributed by atoms with E-state index >= 15 is 0 Å². The largest absolute Gasteiger partial charge is 0.466 e. The number of rotatable bonds is 8. The highest BCUT2D eigenvalue weighted by molar-refractivity contribution is 6.46. The molecule has 0 radical (unpaired) electrons. The van der Waals surface area contributed by atoms with Gasteiger partial charge in [-0.25, -0.2) is 19.2 Å². The first-order chi connectivity index (χ1) is 21.3. The average molecular weight is 587 g/mol. The quantitative estimate of drug-likeness (QED) is 0.0860. The lowest BCUT2D eigenvalue weighted by Crippen LogP contribution is -1.97. The minimum atomic E-state index is -0.518. The van der Waals surface area contributed by atoms with Gasteiger partial charge in [-0.1, -0.05) is 36.4 Å². The third kappa shape index (κ3) is 4.39. The van der Waals surface area contributed by atoms with Crippen LogP contribution in [-0.4, -0.2) is 52.3 Å². The zero-order chi connectivity index (χ0) is 31.1. The van der Waals surface area contributed by atoms with Gasteiger partial charge in [-0.05, 0) is 100 Å². The number of carbonyl (C=O) groups excluding carboxylic acids is 4. The number of hydrogen-bond acceptors (Lipinski definition) is 8. The smallest absolute Gasteiger partial charge is 0.330 e. The predicted molar refractivity (Wildman–Crippen MR) is 172 cm³/mol. The number of benzene rings is 5. The summed E-state index contributed by atoms with van der Waals surface area (Å²) in [5.41, 5.74) is 2.92. The molecule has 0 saturated carbocycles. The fraction of sp³-hybridized carbons (Fsp3) is 0.111. The summed E-state index contributed by atoms with van der Waals surface area (Å²) in [5, 5.41) is 9.49. The van der Waals surface area contributed by atoms with E-state index < -0.39 is 23.9 Å². The molecule has 0 N–H and O–H groups in total. The normalized spacial score (nSPS) is 12.5. The van der Waals surface area contributed by atoms with E-state index in [1.807, 2.05) is 36.4 Å².